The average molecular weight is 248 g/mol. The van der Waals surface area contributed by atoms with Gasteiger partial charge in [-0.2, -0.15) is 0 Å². The Morgan fingerprint density at radius 2 is 2.33 bits per heavy atom. The van der Waals surface area contributed by atoms with E-state index in [0.717, 1.165) is 25.2 Å². The highest BCUT2D eigenvalue weighted by molar-refractivity contribution is 5.08. The third kappa shape index (κ3) is 3.02. The zero-order valence-electron chi connectivity index (χ0n) is 11.6. The van der Waals surface area contributed by atoms with E-state index in [4.69, 9.17) is 0 Å². The predicted octanol–water partition coefficient (Wildman–Crippen LogP) is 2.80. The molecule has 100 valence electrons. The van der Waals surface area contributed by atoms with Crippen LogP contribution in [0, 0.1) is 11.8 Å². The van der Waals surface area contributed by atoms with E-state index in [-0.39, 0.29) is 6.10 Å². The van der Waals surface area contributed by atoms with Crippen LogP contribution in [0.5, 0.6) is 0 Å². The maximum Gasteiger partial charge on any atom is 0.111 e. The van der Waals surface area contributed by atoms with Crippen LogP contribution in [0.1, 0.15) is 39.4 Å². The van der Waals surface area contributed by atoms with Crippen LogP contribution < -0.4 is 0 Å². The van der Waals surface area contributed by atoms with Gasteiger partial charge in [0.1, 0.15) is 5.82 Å². The molecule has 0 amide bonds. The maximum absolute atomic E-state index is 10.4. The highest BCUT2D eigenvalue weighted by atomic mass is 16.3. The lowest BCUT2D eigenvalue weighted by Crippen LogP contribution is -2.28. The summed E-state index contributed by atoms with van der Waals surface area (Å²) in [5, 5.41) is 10.4. The van der Waals surface area contributed by atoms with Crippen molar-refractivity contribution >= 4 is 0 Å². The monoisotopic (exact) mass is 248 g/mol. The summed E-state index contributed by atoms with van der Waals surface area (Å²) in [6.45, 7) is 7.42. The van der Waals surface area contributed by atoms with Crippen LogP contribution in [0.15, 0.2) is 24.0 Å². The molecule has 0 spiro atoms. The zero-order valence-corrected chi connectivity index (χ0v) is 11.6. The number of imidazole rings is 1. The molecule has 1 aliphatic carbocycles. The third-order valence-corrected chi connectivity index (χ3v) is 3.91. The van der Waals surface area contributed by atoms with Gasteiger partial charge in [-0.25, -0.2) is 4.98 Å². The molecule has 1 aromatic heterocycles. The number of aromatic nitrogens is 2. The minimum atomic E-state index is -0.274. The molecule has 0 bridgehead atoms. The molecule has 3 unspecified atom stereocenters. The van der Waals surface area contributed by atoms with Crippen LogP contribution in [0.2, 0.25) is 0 Å². The third-order valence-electron chi connectivity index (χ3n) is 3.91. The number of rotatable bonds is 4. The second-order valence-corrected chi connectivity index (χ2v) is 5.59. The van der Waals surface area contributed by atoms with Crippen LogP contribution in [0.4, 0.5) is 0 Å². The maximum atomic E-state index is 10.4. The molecule has 1 heterocycles. The van der Waals surface area contributed by atoms with Crippen molar-refractivity contribution in [3.05, 3.63) is 29.9 Å². The molecule has 0 aromatic carbocycles. The summed E-state index contributed by atoms with van der Waals surface area (Å²) >= 11 is 0. The van der Waals surface area contributed by atoms with Gasteiger partial charge in [0.05, 0.1) is 6.10 Å². The largest absolute Gasteiger partial charge is 0.392 e. The number of aryl methyl sites for hydroxylation is 1. The second kappa shape index (κ2) is 5.70. The molecule has 3 atom stereocenters. The summed E-state index contributed by atoms with van der Waals surface area (Å²) < 4.78 is 2.11. The van der Waals surface area contributed by atoms with Crippen molar-refractivity contribution in [1.29, 1.82) is 0 Å². The highest BCUT2D eigenvalue weighted by Gasteiger charge is 2.25. The molecular weight excluding hydrogens is 224 g/mol. The Bertz CT molecular complexity index is 422. The van der Waals surface area contributed by atoms with E-state index >= 15 is 0 Å². The Kier molecular flexibility index (Phi) is 4.23. The second-order valence-electron chi connectivity index (χ2n) is 5.59. The van der Waals surface area contributed by atoms with Crippen molar-refractivity contribution in [1.82, 2.24) is 9.55 Å². The normalized spacial score (nSPS) is 25.9. The summed E-state index contributed by atoms with van der Waals surface area (Å²) in [4.78, 5) is 4.35. The van der Waals surface area contributed by atoms with Gasteiger partial charge in [-0.3, -0.25) is 0 Å². The number of aliphatic hydroxyl groups is 1. The van der Waals surface area contributed by atoms with Crippen molar-refractivity contribution in [2.45, 2.75) is 52.7 Å². The van der Waals surface area contributed by atoms with E-state index in [0.29, 0.717) is 18.3 Å². The summed E-state index contributed by atoms with van der Waals surface area (Å²) in [7, 11) is 0. The first kappa shape index (κ1) is 13.3. The molecule has 1 aromatic rings. The van der Waals surface area contributed by atoms with Gasteiger partial charge in [0.2, 0.25) is 0 Å². The Morgan fingerprint density at radius 3 is 3.00 bits per heavy atom. The van der Waals surface area contributed by atoms with Gasteiger partial charge < -0.3 is 9.67 Å². The number of aliphatic hydroxyl groups excluding tert-OH is 1. The lowest BCUT2D eigenvalue weighted by atomic mass is 9.80. The van der Waals surface area contributed by atoms with Gasteiger partial charge in [0.15, 0.2) is 0 Å². The predicted molar refractivity (Wildman–Crippen MR) is 73.3 cm³/mol. The van der Waals surface area contributed by atoms with Crippen LogP contribution in [0.25, 0.3) is 0 Å². The number of hydrogen-bond donors (Lipinski definition) is 1. The molecule has 18 heavy (non-hydrogen) atoms. The first-order valence-electron chi connectivity index (χ1n) is 6.95. The van der Waals surface area contributed by atoms with Crippen molar-refractivity contribution in [2.75, 3.05) is 0 Å². The summed E-state index contributed by atoms with van der Waals surface area (Å²) in [6.07, 6.45) is 8.64. The molecular formula is C15H24N2O. The van der Waals surface area contributed by atoms with Crippen molar-refractivity contribution < 1.29 is 5.11 Å². The fourth-order valence-corrected chi connectivity index (χ4v) is 3.06. The highest BCUT2D eigenvalue weighted by Crippen LogP contribution is 2.31. The average Bonchev–Trinajstić information content (AvgIpc) is 2.75. The zero-order chi connectivity index (χ0) is 13.1. The van der Waals surface area contributed by atoms with E-state index in [1.165, 1.54) is 5.57 Å². The minimum Gasteiger partial charge on any atom is -0.392 e. The minimum absolute atomic E-state index is 0.274. The Balaban J connectivity index is 2.00. The van der Waals surface area contributed by atoms with E-state index < -0.39 is 0 Å². The Morgan fingerprint density at radius 1 is 1.56 bits per heavy atom. The molecule has 0 saturated carbocycles. The Hall–Kier alpha value is -1.09. The molecule has 0 fully saturated rings. The van der Waals surface area contributed by atoms with Crippen LogP contribution in [-0.4, -0.2) is 20.8 Å². The molecule has 3 nitrogen and oxygen atoms in total. The van der Waals surface area contributed by atoms with E-state index in [1.54, 1.807) is 0 Å². The number of hydrogen-bond acceptors (Lipinski definition) is 2. The van der Waals surface area contributed by atoms with E-state index in [1.807, 2.05) is 12.4 Å². The molecule has 1 aliphatic rings. The standard InChI is InChI=1S/C15H24N2O/c1-4-17-6-5-16-15(17)10-14(18)13-8-11(2)7-12(3)9-13/h5-7,11,13-14,18H,4,8-10H2,1-3H3. The smallest absolute Gasteiger partial charge is 0.111 e. The molecule has 0 radical (unpaired) electrons. The van der Waals surface area contributed by atoms with Crippen LogP contribution >= 0.6 is 0 Å². The van der Waals surface area contributed by atoms with Gasteiger partial charge in [0, 0.05) is 25.4 Å². The number of allylic oxidation sites excluding steroid dienone is 2. The molecule has 0 aliphatic heterocycles. The topological polar surface area (TPSA) is 38.0 Å². The van der Waals surface area contributed by atoms with Gasteiger partial charge >= 0.3 is 0 Å². The first-order valence-corrected chi connectivity index (χ1v) is 6.95. The fraction of sp³-hybridized carbons (Fsp3) is 0.667. The van der Waals surface area contributed by atoms with Crippen molar-refractivity contribution in [3.63, 3.8) is 0 Å². The van der Waals surface area contributed by atoms with E-state index in [2.05, 4.69) is 36.4 Å². The summed E-state index contributed by atoms with van der Waals surface area (Å²) in [5.41, 5.74) is 1.41. The summed E-state index contributed by atoms with van der Waals surface area (Å²) in [6, 6.07) is 0. The lowest BCUT2D eigenvalue weighted by molar-refractivity contribution is 0.0906. The van der Waals surface area contributed by atoms with Gasteiger partial charge in [-0.15, -0.1) is 0 Å². The van der Waals surface area contributed by atoms with Gasteiger partial charge in [0.25, 0.3) is 0 Å². The van der Waals surface area contributed by atoms with Crippen molar-refractivity contribution in [3.8, 4) is 0 Å². The first-order chi connectivity index (χ1) is 8.60. The lowest BCUT2D eigenvalue weighted by Gasteiger charge is -2.29. The molecule has 3 heteroatoms. The molecule has 0 saturated heterocycles. The quantitative estimate of drug-likeness (QED) is 0.832. The molecule has 1 N–H and O–H groups in total. The summed E-state index contributed by atoms with van der Waals surface area (Å²) in [5.74, 6) is 1.97. The van der Waals surface area contributed by atoms with Gasteiger partial charge in [-0.1, -0.05) is 18.6 Å². The van der Waals surface area contributed by atoms with Crippen LogP contribution in [0.3, 0.4) is 0 Å². The molecule has 2 rings (SSSR count). The SMILES string of the molecule is CCn1ccnc1CC(O)C1CC(C)=CC(C)C1. The number of nitrogens with zero attached hydrogens (tertiary/aromatic N) is 2. The van der Waals surface area contributed by atoms with E-state index in [9.17, 15) is 5.11 Å². The van der Waals surface area contributed by atoms with Crippen LogP contribution in [-0.2, 0) is 13.0 Å². The fourth-order valence-electron chi connectivity index (χ4n) is 3.06. The Labute approximate surface area is 110 Å². The van der Waals surface area contributed by atoms with Crippen molar-refractivity contribution in [2.24, 2.45) is 11.8 Å². The van der Waals surface area contributed by atoms with Gasteiger partial charge in [-0.05, 0) is 38.5 Å².